The number of nitrogens with zero attached hydrogens (tertiary/aromatic N) is 2. The van der Waals surface area contributed by atoms with Gasteiger partial charge in [-0.1, -0.05) is 12.1 Å². The molecular weight excluding hydrogens is 411 g/mol. The summed E-state index contributed by atoms with van der Waals surface area (Å²) in [4.78, 5) is 8.24. The summed E-state index contributed by atoms with van der Waals surface area (Å²) in [5.41, 5.74) is 5.87. The molecule has 22 heavy (non-hydrogen) atoms. The largest absolute Gasteiger partial charge is 0.376 e. The van der Waals surface area contributed by atoms with Crippen LogP contribution in [0.2, 0.25) is 0 Å². The molecule has 2 rings (SSSR count). The molecule has 3 N–H and O–H groups in total. The van der Waals surface area contributed by atoms with Gasteiger partial charge in [-0.3, -0.25) is 9.89 Å². The van der Waals surface area contributed by atoms with Gasteiger partial charge < -0.3 is 15.8 Å². The number of hydrogen-bond donors (Lipinski definition) is 2. The highest BCUT2D eigenvalue weighted by Crippen LogP contribution is 2.27. The molecule has 0 spiro atoms. The van der Waals surface area contributed by atoms with Crippen LogP contribution in [0, 0.1) is 0 Å². The minimum absolute atomic E-state index is 0. The molecule has 0 aliphatic carbocycles. The molecule has 1 fully saturated rings. The smallest absolute Gasteiger partial charge is 0.188 e. The topological polar surface area (TPSA) is 62.9 Å². The quantitative estimate of drug-likeness (QED) is 0.311. The Kier molecular flexibility index (Phi) is 8.99. The van der Waals surface area contributed by atoms with Crippen molar-refractivity contribution in [2.24, 2.45) is 10.7 Å². The van der Waals surface area contributed by atoms with Crippen LogP contribution in [0.15, 0.2) is 35.2 Å². The number of guanidine groups is 1. The zero-order valence-corrected chi connectivity index (χ0v) is 16.1. The highest BCUT2D eigenvalue weighted by molar-refractivity contribution is 14.0. The van der Waals surface area contributed by atoms with Crippen molar-refractivity contribution in [2.75, 3.05) is 32.8 Å². The number of morpholine rings is 1. The van der Waals surface area contributed by atoms with Crippen LogP contribution in [-0.4, -0.2) is 49.7 Å². The van der Waals surface area contributed by atoms with E-state index in [1.807, 2.05) is 0 Å². The maximum absolute atomic E-state index is 5.87. The Morgan fingerprint density at radius 2 is 2.55 bits per heavy atom. The Morgan fingerprint density at radius 1 is 1.73 bits per heavy atom. The van der Waals surface area contributed by atoms with E-state index >= 15 is 0 Å². The number of halogens is 1. The first kappa shape index (κ1) is 19.4. The van der Waals surface area contributed by atoms with Crippen LogP contribution in [0.1, 0.15) is 17.8 Å². The molecule has 124 valence electrons. The van der Waals surface area contributed by atoms with Crippen LogP contribution < -0.4 is 11.1 Å². The molecule has 1 aliphatic heterocycles. The minimum atomic E-state index is 0. The summed E-state index contributed by atoms with van der Waals surface area (Å²) in [5, 5.41) is 5.12. The number of aliphatic imine (C=N–C) groups is 1. The molecule has 1 aromatic rings. The lowest BCUT2D eigenvalue weighted by Gasteiger charge is -2.36. The van der Waals surface area contributed by atoms with Gasteiger partial charge in [-0.2, -0.15) is 0 Å². The summed E-state index contributed by atoms with van der Waals surface area (Å²) in [7, 11) is 0. The summed E-state index contributed by atoms with van der Waals surface area (Å²) < 4.78 is 5.63. The van der Waals surface area contributed by atoms with Crippen molar-refractivity contribution in [3.63, 3.8) is 0 Å². The summed E-state index contributed by atoms with van der Waals surface area (Å²) in [5.74, 6) is 0.470. The highest BCUT2D eigenvalue weighted by atomic mass is 127. The van der Waals surface area contributed by atoms with Gasteiger partial charge in [0.05, 0.1) is 25.3 Å². The molecule has 2 heterocycles. The van der Waals surface area contributed by atoms with Crippen molar-refractivity contribution in [3.05, 3.63) is 35.0 Å². The summed E-state index contributed by atoms with van der Waals surface area (Å²) in [6.45, 7) is 9.69. The first-order chi connectivity index (χ1) is 10.2. The minimum Gasteiger partial charge on any atom is -0.376 e. The van der Waals surface area contributed by atoms with Crippen molar-refractivity contribution in [1.29, 1.82) is 0 Å². The third-order valence-corrected chi connectivity index (χ3v) is 4.42. The van der Waals surface area contributed by atoms with Gasteiger partial charge >= 0.3 is 0 Å². The number of hydrogen-bond acceptors (Lipinski definition) is 4. The van der Waals surface area contributed by atoms with Crippen LogP contribution in [0.3, 0.4) is 0 Å². The fourth-order valence-corrected chi connectivity index (χ4v) is 3.26. The van der Waals surface area contributed by atoms with E-state index in [1.54, 1.807) is 17.4 Å². The van der Waals surface area contributed by atoms with Crippen molar-refractivity contribution in [1.82, 2.24) is 10.2 Å². The molecule has 2 atom stereocenters. The van der Waals surface area contributed by atoms with E-state index in [1.165, 1.54) is 4.88 Å². The second-order valence-corrected chi connectivity index (χ2v) is 6.08. The van der Waals surface area contributed by atoms with Crippen molar-refractivity contribution in [3.8, 4) is 0 Å². The van der Waals surface area contributed by atoms with Crippen molar-refractivity contribution < 1.29 is 4.74 Å². The molecule has 5 nitrogen and oxygen atoms in total. The predicted molar refractivity (Wildman–Crippen MR) is 104 cm³/mol. The van der Waals surface area contributed by atoms with E-state index in [9.17, 15) is 0 Å². The van der Waals surface area contributed by atoms with Gasteiger partial charge in [-0.05, 0) is 18.4 Å². The standard InChI is InChI=1S/C15H24N4OS.HI/c1-3-6-17-15(16)18-10-13(14-5-4-9-21-14)19-7-8-20-12(2)11-19;/h3-5,9,12-13H,1,6-8,10-11H2,2H3,(H3,16,17,18);1H. The maximum Gasteiger partial charge on any atom is 0.188 e. The van der Waals surface area contributed by atoms with Gasteiger partial charge in [0, 0.05) is 24.5 Å². The van der Waals surface area contributed by atoms with Gasteiger partial charge in [0.15, 0.2) is 5.96 Å². The Hall–Kier alpha value is -0.640. The van der Waals surface area contributed by atoms with Gasteiger partial charge in [-0.25, -0.2) is 0 Å². The molecule has 1 saturated heterocycles. The number of nitrogens with two attached hydrogens (primary N) is 1. The normalized spacial score (nSPS) is 21.0. The van der Waals surface area contributed by atoms with E-state index in [-0.39, 0.29) is 36.1 Å². The van der Waals surface area contributed by atoms with Crippen molar-refractivity contribution in [2.45, 2.75) is 19.1 Å². The zero-order chi connectivity index (χ0) is 15.1. The third-order valence-electron chi connectivity index (χ3n) is 3.45. The Bertz CT molecular complexity index is 466. The molecular formula is C15H25IN4OS. The van der Waals surface area contributed by atoms with E-state index in [4.69, 9.17) is 10.5 Å². The molecule has 0 saturated carbocycles. The molecule has 0 aromatic carbocycles. The van der Waals surface area contributed by atoms with E-state index in [0.717, 1.165) is 19.7 Å². The molecule has 1 aliphatic rings. The number of rotatable bonds is 6. The lowest BCUT2D eigenvalue weighted by Crippen LogP contribution is -2.44. The number of ether oxygens (including phenoxy) is 1. The molecule has 2 unspecified atom stereocenters. The molecule has 0 amide bonds. The fourth-order valence-electron chi connectivity index (χ4n) is 2.41. The lowest BCUT2D eigenvalue weighted by molar-refractivity contribution is -0.0327. The number of thiophene rings is 1. The Morgan fingerprint density at radius 3 is 3.18 bits per heavy atom. The van der Waals surface area contributed by atoms with Crippen LogP contribution in [-0.2, 0) is 4.74 Å². The van der Waals surface area contributed by atoms with Crippen LogP contribution in [0.4, 0.5) is 0 Å². The molecule has 1 aromatic heterocycles. The monoisotopic (exact) mass is 436 g/mol. The van der Waals surface area contributed by atoms with Crippen LogP contribution >= 0.6 is 35.3 Å². The summed E-state index contributed by atoms with van der Waals surface area (Å²) in [6, 6.07) is 4.51. The second-order valence-electron chi connectivity index (χ2n) is 5.10. The highest BCUT2D eigenvalue weighted by Gasteiger charge is 2.26. The average Bonchev–Trinajstić information content (AvgIpc) is 2.99. The maximum atomic E-state index is 5.87. The second kappa shape index (κ2) is 10.2. The zero-order valence-electron chi connectivity index (χ0n) is 12.9. The third kappa shape index (κ3) is 5.86. The molecule has 0 radical (unpaired) electrons. The molecule has 7 heteroatoms. The van der Waals surface area contributed by atoms with Crippen LogP contribution in [0.25, 0.3) is 0 Å². The Labute approximate surface area is 153 Å². The van der Waals surface area contributed by atoms with Gasteiger partial charge in [0.1, 0.15) is 0 Å². The van der Waals surface area contributed by atoms with Crippen molar-refractivity contribution >= 4 is 41.3 Å². The van der Waals surface area contributed by atoms with E-state index in [0.29, 0.717) is 19.0 Å². The van der Waals surface area contributed by atoms with E-state index < -0.39 is 0 Å². The van der Waals surface area contributed by atoms with Gasteiger partial charge in [-0.15, -0.1) is 41.9 Å². The SMILES string of the molecule is C=CCNC(N)=NCC(c1cccs1)N1CCOC(C)C1.I. The Balaban J connectivity index is 0.00000242. The van der Waals surface area contributed by atoms with Gasteiger partial charge in [0.2, 0.25) is 0 Å². The van der Waals surface area contributed by atoms with Gasteiger partial charge in [0.25, 0.3) is 0 Å². The first-order valence-electron chi connectivity index (χ1n) is 7.24. The summed E-state index contributed by atoms with van der Waals surface area (Å²) >= 11 is 1.77. The predicted octanol–water partition coefficient (Wildman–Crippen LogP) is 2.22. The molecule has 0 bridgehead atoms. The lowest BCUT2D eigenvalue weighted by atomic mass is 10.1. The van der Waals surface area contributed by atoms with E-state index in [2.05, 4.69) is 46.2 Å². The first-order valence-corrected chi connectivity index (χ1v) is 8.12. The fraction of sp³-hybridized carbons (Fsp3) is 0.533. The average molecular weight is 436 g/mol. The van der Waals surface area contributed by atoms with Crippen LogP contribution in [0.5, 0.6) is 0 Å². The summed E-state index contributed by atoms with van der Waals surface area (Å²) in [6.07, 6.45) is 2.03. The number of nitrogens with one attached hydrogen (secondary N) is 1.